The fraction of sp³-hybridized carbons (Fsp3) is 0.682. The maximum absolute atomic E-state index is 13.2. The minimum atomic E-state index is -0.0705. The lowest BCUT2D eigenvalue weighted by Crippen LogP contribution is -2.44. The van der Waals surface area contributed by atoms with Gasteiger partial charge in [0.2, 0.25) is 0 Å². The molecule has 1 aliphatic carbocycles. The Kier molecular flexibility index (Phi) is 5.12. The first-order chi connectivity index (χ1) is 12.2. The van der Waals surface area contributed by atoms with Crippen molar-refractivity contribution in [2.24, 2.45) is 5.92 Å². The van der Waals surface area contributed by atoms with Gasteiger partial charge in [-0.3, -0.25) is 4.79 Å². The van der Waals surface area contributed by atoms with Gasteiger partial charge in [0, 0.05) is 12.1 Å². The topological polar surface area (TPSA) is 29.5 Å². The van der Waals surface area contributed by atoms with Gasteiger partial charge in [-0.15, -0.1) is 0 Å². The number of hydrogen-bond acceptors (Lipinski definition) is 3. The zero-order chi connectivity index (χ0) is 17.2. The van der Waals surface area contributed by atoms with E-state index in [1.807, 2.05) is 18.2 Å². The summed E-state index contributed by atoms with van der Waals surface area (Å²) in [4.78, 5) is 15.7. The third-order valence-electron chi connectivity index (χ3n) is 6.87. The second kappa shape index (κ2) is 7.49. The van der Waals surface area contributed by atoms with E-state index in [1.54, 1.807) is 0 Å². The molecule has 2 heterocycles. The molecule has 4 rings (SSSR count). The SMILES string of the molecule is CN1[C@@H]2CC[C@H]1CC(OC(=O)C(c1ccccc1)C1CCCCC1)C2. The standard InChI is InChI=1S/C22H31NO2/c1-23-18-12-13-19(23)15-20(14-18)25-22(24)21(16-8-4-2-5-9-16)17-10-6-3-7-11-17/h2,4-5,8-9,17-21H,3,6-7,10-15H2,1H3/t18-,19+,20?,21?. The van der Waals surface area contributed by atoms with Gasteiger partial charge < -0.3 is 9.64 Å². The Morgan fingerprint density at radius 3 is 2.28 bits per heavy atom. The largest absolute Gasteiger partial charge is 0.462 e. The molecule has 4 atom stereocenters. The van der Waals surface area contributed by atoms with Crippen LogP contribution in [0.4, 0.5) is 0 Å². The molecule has 3 nitrogen and oxygen atoms in total. The molecule has 0 N–H and O–H groups in total. The molecule has 2 saturated heterocycles. The van der Waals surface area contributed by atoms with E-state index in [-0.39, 0.29) is 18.0 Å². The Morgan fingerprint density at radius 2 is 1.64 bits per heavy atom. The highest BCUT2D eigenvalue weighted by molar-refractivity contribution is 5.78. The summed E-state index contributed by atoms with van der Waals surface area (Å²) in [5.41, 5.74) is 1.15. The number of fused-ring (bicyclic) bond motifs is 2. The number of carbonyl (C=O) groups is 1. The van der Waals surface area contributed by atoms with Crippen molar-refractivity contribution in [3.05, 3.63) is 35.9 Å². The third-order valence-corrected chi connectivity index (χ3v) is 6.87. The first-order valence-corrected chi connectivity index (χ1v) is 10.2. The average Bonchev–Trinajstić information content (AvgIpc) is 2.84. The number of hydrogen-bond donors (Lipinski definition) is 0. The minimum absolute atomic E-state index is 0.0343. The van der Waals surface area contributed by atoms with E-state index in [0.717, 1.165) is 31.2 Å². The van der Waals surface area contributed by atoms with Crippen LogP contribution in [0.1, 0.15) is 69.3 Å². The van der Waals surface area contributed by atoms with Crippen LogP contribution < -0.4 is 0 Å². The second-order valence-corrected chi connectivity index (χ2v) is 8.37. The van der Waals surface area contributed by atoms with Crippen molar-refractivity contribution < 1.29 is 9.53 Å². The smallest absolute Gasteiger partial charge is 0.313 e. The number of nitrogens with zero attached hydrogens (tertiary/aromatic N) is 1. The highest BCUT2D eigenvalue weighted by Crippen LogP contribution is 2.39. The highest BCUT2D eigenvalue weighted by Gasteiger charge is 2.41. The van der Waals surface area contributed by atoms with Crippen molar-refractivity contribution in [3.8, 4) is 0 Å². The molecule has 1 saturated carbocycles. The molecule has 0 spiro atoms. The summed E-state index contributed by atoms with van der Waals surface area (Å²) in [5.74, 6) is 0.414. The number of piperidine rings is 1. The van der Waals surface area contributed by atoms with Crippen LogP contribution in [0.2, 0.25) is 0 Å². The Morgan fingerprint density at radius 1 is 1.00 bits per heavy atom. The molecule has 2 unspecified atom stereocenters. The van der Waals surface area contributed by atoms with E-state index >= 15 is 0 Å². The third kappa shape index (κ3) is 3.62. The summed E-state index contributed by atoms with van der Waals surface area (Å²) in [6.45, 7) is 0. The van der Waals surface area contributed by atoms with Gasteiger partial charge in [-0.1, -0.05) is 49.6 Å². The van der Waals surface area contributed by atoms with Crippen LogP contribution >= 0.6 is 0 Å². The molecule has 2 bridgehead atoms. The summed E-state index contributed by atoms with van der Waals surface area (Å²) in [5, 5.41) is 0. The van der Waals surface area contributed by atoms with Gasteiger partial charge in [-0.2, -0.15) is 0 Å². The first-order valence-electron chi connectivity index (χ1n) is 10.2. The lowest BCUT2D eigenvalue weighted by atomic mass is 9.77. The molecule has 1 aromatic carbocycles. The maximum Gasteiger partial charge on any atom is 0.313 e. The normalized spacial score (nSPS) is 31.6. The monoisotopic (exact) mass is 341 g/mol. The minimum Gasteiger partial charge on any atom is -0.462 e. The molecule has 2 aliphatic heterocycles. The highest BCUT2D eigenvalue weighted by atomic mass is 16.5. The van der Waals surface area contributed by atoms with E-state index in [9.17, 15) is 4.79 Å². The predicted octanol–water partition coefficient (Wildman–Crippen LogP) is 4.52. The Hall–Kier alpha value is -1.35. The lowest BCUT2D eigenvalue weighted by Gasteiger charge is -2.37. The molecule has 136 valence electrons. The molecular weight excluding hydrogens is 310 g/mol. The fourth-order valence-electron chi connectivity index (χ4n) is 5.42. The fourth-order valence-corrected chi connectivity index (χ4v) is 5.42. The zero-order valence-electron chi connectivity index (χ0n) is 15.4. The van der Waals surface area contributed by atoms with Crippen LogP contribution in [0.25, 0.3) is 0 Å². The van der Waals surface area contributed by atoms with Crippen molar-refractivity contribution in [2.45, 2.75) is 81.9 Å². The van der Waals surface area contributed by atoms with Crippen LogP contribution in [0.3, 0.4) is 0 Å². The Labute approximate surface area is 151 Å². The maximum atomic E-state index is 13.2. The summed E-state index contributed by atoms with van der Waals surface area (Å²) >= 11 is 0. The molecule has 0 radical (unpaired) electrons. The average molecular weight is 341 g/mol. The van der Waals surface area contributed by atoms with Gasteiger partial charge in [0.25, 0.3) is 0 Å². The van der Waals surface area contributed by atoms with Gasteiger partial charge in [-0.05, 0) is 57.1 Å². The molecule has 3 heteroatoms. The van der Waals surface area contributed by atoms with Gasteiger partial charge >= 0.3 is 5.97 Å². The summed E-state index contributed by atoms with van der Waals surface area (Å²) in [7, 11) is 2.23. The summed E-state index contributed by atoms with van der Waals surface area (Å²) in [6.07, 6.45) is 10.8. The molecule has 3 aliphatic rings. The van der Waals surface area contributed by atoms with Crippen molar-refractivity contribution in [1.82, 2.24) is 4.90 Å². The van der Waals surface area contributed by atoms with E-state index in [1.165, 1.54) is 32.1 Å². The molecule has 3 fully saturated rings. The molecular formula is C22H31NO2. The Bertz CT molecular complexity index is 567. The number of ether oxygens (including phenoxy) is 1. The second-order valence-electron chi connectivity index (χ2n) is 8.37. The summed E-state index contributed by atoms with van der Waals surface area (Å²) < 4.78 is 6.12. The van der Waals surface area contributed by atoms with E-state index in [2.05, 4.69) is 24.1 Å². The van der Waals surface area contributed by atoms with E-state index in [0.29, 0.717) is 18.0 Å². The van der Waals surface area contributed by atoms with Crippen LogP contribution in [0, 0.1) is 5.92 Å². The predicted molar refractivity (Wildman–Crippen MR) is 99.4 cm³/mol. The molecule has 0 aromatic heterocycles. The Balaban J connectivity index is 1.48. The van der Waals surface area contributed by atoms with Crippen LogP contribution in [0.5, 0.6) is 0 Å². The van der Waals surface area contributed by atoms with Gasteiger partial charge in [0.05, 0.1) is 5.92 Å². The molecule has 0 amide bonds. The van der Waals surface area contributed by atoms with Crippen molar-refractivity contribution in [3.63, 3.8) is 0 Å². The van der Waals surface area contributed by atoms with Crippen LogP contribution in [-0.4, -0.2) is 36.1 Å². The van der Waals surface area contributed by atoms with Gasteiger partial charge in [0.15, 0.2) is 0 Å². The number of benzene rings is 1. The van der Waals surface area contributed by atoms with Crippen molar-refractivity contribution in [1.29, 1.82) is 0 Å². The van der Waals surface area contributed by atoms with Crippen molar-refractivity contribution >= 4 is 5.97 Å². The number of rotatable bonds is 4. The quantitative estimate of drug-likeness (QED) is 0.754. The first kappa shape index (κ1) is 17.1. The van der Waals surface area contributed by atoms with Gasteiger partial charge in [-0.25, -0.2) is 0 Å². The molecule has 1 aromatic rings. The zero-order valence-corrected chi connectivity index (χ0v) is 15.4. The van der Waals surface area contributed by atoms with Gasteiger partial charge in [0.1, 0.15) is 6.10 Å². The lowest BCUT2D eigenvalue weighted by molar-refractivity contribution is -0.156. The summed E-state index contributed by atoms with van der Waals surface area (Å²) in [6, 6.07) is 11.6. The van der Waals surface area contributed by atoms with E-state index < -0.39 is 0 Å². The van der Waals surface area contributed by atoms with Crippen molar-refractivity contribution in [2.75, 3.05) is 7.05 Å². The number of carbonyl (C=O) groups excluding carboxylic acids is 1. The van der Waals surface area contributed by atoms with Crippen LogP contribution in [0.15, 0.2) is 30.3 Å². The van der Waals surface area contributed by atoms with E-state index in [4.69, 9.17) is 4.74 Å². The number of esters is 1. The van der Waals surface area contributed by atoms with Crippen LogP contribution in [-0.2, 0) is 9.53 Å². The molecule has 25 heavy (non-hydrogen) atoms.